The second-order valence-corrected chi connectivity index (χ2v) is 10.7. The monoisotopic (exact) mass is 431 g/mol. The highest BCUT2D eigenvalue weighted by Gasteiger charge is 2.33. The number of hydrogen-bond acceptors (Lipinski definition) is 4. The van der Waals surface area contributed by atoms with Gasteiger partial charge in [0.15, 0.2) is 0 Å². The smallest absolute Gasteiger partial charge is 0.236 e. The van der Waals surface area contributed by atoms with Crippen LogP contribution >= 0.6 is 0 Å². The summed E-state index contributed by atoms with van der Waals surface area (Å²) in [5.74, 6) is 1.77. The summed E-state index contributed by atoms with van der Waals surface area (Å²) in [5, 5.41) is 1.27. The maximum Gasteiger partial charge on any atom is 0.236 e. The summed E-state index contributed by atoms with van der Waals surface area (Å²) in [7, 11) is -3.47. The average Bonchev–Trinajstić information content (AvgIpc) is 2.78. The van der Waals surface area contributed by atoms with Gasteiger partial charge in [-0.25, -0.2) is 8.42 Å². The lowest BCUT2D eigenvalue weighted by molar-refractivity contribution is -0.134. The van der Waals surface area contributed by atoms with Gasteiger partial charge in [-0.3, -0.25) is 9.69 Å². The molecule has 4 rings (SSSR count). The molecular weight excluding hydrogens is 398 g/mol. The molecule has 0 aromatic heterocycles. The zero-order chi connectivity index (χ0) is 21.0. The zero-order valence-electron chi connectivity index (χ0n) is 17.7. The van der Waals surface area contributed by atoms with Gasteiger partial charge in [0.05, 0.1) is 6.54 Å². The molecule has 1 aromatic rings. The zero-order valence-corrected chi connectivity index (χ0v) is 18.5. The fourth-order valence-corrected chi connectivity index (χ4v) is 6.29. The Bertz CT molecular complexity index is 848. The Hall–Kier alpha value is -1.70. The van der Waals surface area contributed by atoms with Gasteiger partial charge in [0.25, 0.3) is 0 Å². The van der Waals surface area contributed by atoms with Crippen LogP contribution in [-0.4, -0.2) is 74.2 Å². The first kappa shape index (κ1) is 21.5. The van der Waals surface area contributed by atoms with Gasteiger partial charge in [-0.05, 0) is 42.9 Å². The molecule has 1 amide bonds. The van der Waals surface area contributed by atoms with Crippen LogP contribution in [0, 0.1) is 11.8 Å². The molecule has 0 radical (unpaired) electrons. The van der Waals surface area contributed by atoms with Crippen LogP contribution in [0.5, 0.6) is 0 Å². The molecule has 1 aromatic carbocycles. The number of rotatable bonds is 5. The van der Waals surface area contributed by atoms with Gasteiger partial charge in [0.1, 0.15) is 0 Å². The number of hydrogen-bond donors (Lipinski definition) is 0. The van der Waals surface area contributed by atoms with Crippen molar-refractivity contribution in [2.75, 3.05) is 45.8 Å². The summed E-state index contributed by atoms with van der Waals surface area (Å²) in [6.07, 6.45) is 8.22. The Morgan fingerprint density at radius 3 is 2.37 bits per heavy atom. The number of nitrogens with zero attached hydrogens (tertiary/aromatic N) is 3. The van der Waals surface area contributed by atoms with E-state index in [4.69, 9.17) is 0 Å². The highest BCUT2D eigenvalue weighted by Crippen LogP contribution is 2.35. The SMILES string of the molecule is O=C(CN1CC[C@H]2CCCC[C@@H]2C1)N1CCN(S(=O)(=O)/C=C/c2ccccc2)CC1. The van der Waals surface area contributed by atoms with Crippen LogP contribution in [0.1, 0.15) is 37.7 Å². The van der Waals surface area contributed by atoms with Crippen molar-refractivity contribution in [1.29, 1.82) is 0 Å². The van der Waals surface area contributed by atoms with Crippen LogP contribution < -0.4 is 0 Å². The van der Waals surface area contributed by atoms with E-state index in [9.17, 15) is 13.2 Å². The molecule has 1 aliphatic carbocycles. The van der Waals surface area contributed by atoms with Gasteiger partial charge in [-0.1, -0.05) is 49.6 Å². The van der Waals surface area contributed by atoms with Crippen molar-refractivity contribution in [2.45, 2.75) is 32.1 Å². The fraction of sp³-hybridized carbons (Fsp3) is 0.609. The Morgan fingerprint density at radius 1 is 0.933 bits per heavy atom. The number of fused-ring (bicyclic) bond motifs is 1. The van der Waals surface area contributed by atoms with Gasteiger partial charge in [0, 0.05) is 38.1 Å². The first-order valence-electron chi connectivity index (χ1n) is 11.2. The third-order valence-corrected chi connectivity index (χ3v) is 8.48. The third kappa shape index (κ3) is 5.31. The Kier molecular flexibility index (Phi) is 6.91. The molecule has 2 atom stereocenters. The highest BCUT2D eigenvalue weighted by atomic mass is 32.2. The predicted octanol–water partition coefficient (Wildman–Crippen LogP) is 2.64. The van der Waals surface area contributed by atoms with E-state index in [1.807, 2.05) is 35.2 Å². The predicted molar refractivity (Wildman–Crippen MR) is 119 cm³/mol. The minimum atomic E-state index is -3.47. The summed E-state index contributed by atoms with van der Waals surface area (Å²) >= 11 is 0. The molecule has 3 fully saturated rings. The number of piperazine rings is 1. The molecule has 2 saturated heterocycles. The van der Waals surface area contributed by atoms with Crippen molar-refractivity contribution in [3.05, 3.63) is 41.3 Å². The second kappa shape index (κ2) is 9.62. The van der Waals surface area contributed by atoms with Gasteiger partial charge in [0.2, 0.25) is 15.9 Å². The van der Waals surface area contributed by atoms with Gasteiger partial charge >= 0.3 is 0 Å². The van der Waals surface area contributed by atoms with Crippen molar-refractivity contribution in [3.63, 3.8) is 0 Å². The van der Waals surface area contributed by atoms with Crippen LogP contribution in [0.15, 0.2) is 35.7 Å². The normalized spacial score (nSPS) is 26.6. The van der Waals surface area contributed by atoms with Crippen LogP contribution in [0.3, 0.4) is 0 Å². The van der Waals surface area contributed by atoms with Crippen molar-refractivity contribution < 1.29 is 13.2 Å². The first-order valence-corrected chi connectivity index (χ1v) is 12.7. The van der Waals surface area contributed by atoms with Crippen molar-refractivity contribution in [2.24, 2.45) is 11.8 Å². The number of amides is 1. The highest BCUT2D eigenvalue weighted by molar-refractivity contribution is 7.92. The number of likely N-dealkylation sites (tertiary alicyclic amines) is 1. The Labute approximate surface area is 180 Å². The van der Waals surface area contributed by atoms with Gasteiger partial charge in [-0.15, -0.1) is 0 Å². The van der Waals surface area contributed by atoms with Crippen LogP contribution in [0.4, 0.5) is 0 Å². The number of benzene rings is 1. The lowest BCUT2D eigenvalue weighted by Gasteiger charge is -2.42. The van der Waals surface area contributed by atoms with E-state index in [0.717, 1.165) is 30.5 Å². The fourth-order valence-electron chi connectivity index (χ4n) is 5.12. The molecule has 164 valence electrons. The lowest BCUT2D eigenvalue weighted by Crippen LogP contribution is -2.53. The van der Waals surface area contributed by atoms with E-state index >= 15 is 0 Å². The standard InChI is InChI=1S/C23H33N3O3S/c27-23(19-24-12-10-21-8-4-5-9-22(21)18-24)25-13-15-26(16-14-25)30(28,29)17-11-20-6-2-1-3-7-20/h1-3,6-7,11,17,21-22H,4-5,8-10,12-16,18-19H2/b17-11+/t21-,22-/m1/s1. The summed E-state index contributed by atoms with van der Waals surface area (Å²) < 4.78 is 26.7. The van der Waals surface area contributed by atoms with E-state index in [-0.39, 0.29) is 5.91 Å². The maximum absolute atomic E-state index is 12.8. The third-order valence-electron chi connectivity index (χ3n) is 6.92. The van der Waals surface area contributed by atoms with Crippen LogP contribution in [-0.2, 0) is 14.8 Å². The molecule has 7 heteroatoms. The van der Waals surface area contributed by atoms with Crippen molar-refractivity contribution in [1.82, 2.24) is 14.1 Å². The summed E-state index contributed by atoms with van der Waals surface area (Å²) in [6.45, 7) is 4.20. The lowest BCUT2D eigenvalue weighted by atomic mass is 9.75. The first-order chi connectivity index (χ1) is 14.5. The molecule has 1 saturated carbocycles. The maximum atomic E-state index is 12.8. The molecule has 0 bridgehead atoms. The topological polar surface area (TPSA) is 60.9 Å². The second-order valence-electron chi connectivity index (χ2n) is 8.87. The molecule has 6 nitrogen and oxygen atoms in total. The van der Waals surface area contributed by atoms with E-state index in [2.05, 4.69) is 4.90 Å². The molecule has 3 aliphatic rings. The number of carbonyl (C=O) groups excluding carboxylic acids is 1. The molecule has 0 unspecified atom stereocenters. The molecule has 30 heavy (non-hydrogen) atoms. The molecule has 2 aliphatic heterocycles. The molecule has 0 spiro atoms. The Balaban J connectivity index is 1.25. The molecular formula is C23H33N3O3S. The minimum absolute atomic E-state index is 0.140. The summed E-state index contributed by atoms with van der Waals surface area (Å²) in [4.78, 5) is 16.9. The van der Waals surface area contributed by atoms with Crippen molar-refractivity contribution >= 4 is 22.0 Å². The molecule has 2 heterocycles. The van der Waals surface area contributed by atoms with Crippen LogP contribution in [0.25, 0.3) is 6.08 Å². The average molecular weight is 432 g/mol. The largest absolute Gasteiger partial charge is 0.339 e. The van der Waals surface area contributed by atoms with Crippen LogP contribution in [0.2, 0.25) is 0 Å². The summed E-state index contributed by atoms with van der Waals surface area (Å²) in [5.41, 5.74) is 0.858. The van der Waals surface area contributed by atoms with E-state index in [1.165, 1.54) is 41.8 Å². The molecule has 0 N–H and O–H groups in total. The Morgan fingerprint density at radius 2 is 1.63 bits per heavy atom. The van der Waals surface area contributed by atoms with Crippen molar-refractivity contribution in [3.8, 4) is 0 Å². The number of piperidine rings is 1. The summed E-state index contributed by atoms with van der Waals surface area (Å²) in [6, 6.07) is 9.41. The van der Waals surface area contributed by atoms with E-state index in [0.29, 0.717) is 32.7 Å². The van der Waals surface area contributed by atoms with Gasteiger partial charge < -0.3 is 4.90 Å². The quantitative estimate of drug-likeness (QED) is 0.719. The number of carbonyl (C=O) groups is 1. The van der Waals surface area contributed by atoms with Gasteiger partial charge in [-0.2, -0.15) is 4.31 Å². The minimum Gasteiger partial charge on any atom is -0.339 e. The number of sulfonamides is 1. The van der Waals surface area contributed by atoms with E-state index < -0.39 is 10.0 Å². The van der Waals surface area contributed by atoms with E-state index in [1.54, 1.807) is 6.08 Å².